The van der Waals surface area contributed by atoms with Crippen molar-refractivity contribution >= 4 is 5.69 Å². The second kappa shape index (κ2) is 7.38. The number of piperidine rings is 1. The lowest BCUT2D eigenvalue weighted by Gasteiger charge is -2.31. The highest BCUT2D eigenvalue weighted by atomic mass is 16.5. The van der Waals surface area contributed by atoms with Gasteiger partial charge in [-0.05, 0) is 43.5 Å². The zero-order chi connectivity index (χ0) is 16.1. The van der Waals surface area contributed by atoms with Crippen molar-refractivity contribution in [3.8, 4) is 17.2 Å². The molecule has 2 aromatic carbocycles. The molecule has 1 saturated heterocycles. The number of hydrogen-bond donors (Lipinski definition) is 1. The first-order chi connectivity index (χ1) is 11.3. The molecule has 4 heteroatoms. The lowest BCUT2D eigenvalue weighted by molar-refractivity contribution is 0.377. The number of anilines is 1. The maximum atomic E-state index is 6.12. The highest BCUT2D eigenvalue weighted by Crippen LogP contribution is 2.36. The highest BCUT2D eigenvalue weighted by Gasteiger charge is 2.17. The Bertz CT molecular complexity index is 652. The average molecular weight is 312 g/mol. The molecule has 122 valence electrons. The van der Waals surface area contributed by atoms with Gasteiger partial charge in [0.15, 0.2) is 11.5 Å². The van der Waals surface area contributed by atoms with Gasteiger partial charge in [0.25, 0.3) is 0 Å². The van der Waals surface area contributed by atoms with E-state index in [4.69, 9.17) is 15.2 Å². The van der Waals surface area contributed by atoms with Gasteiger partial charge < -0.3 is 20.1 Å². The van der Waals surface area contributed by atoms with Crippen LogP contribution >= 0.6 is 0 Å². The Morgan fingerprint density at radius 2 is 1.61 bits per heavy atom. The largest absolute Gasteiger partial charge is 0.493 e. The summed E-state index contributed by atoms with van der Waals surface area (Å²) in [5, 5.41) is 0. The fraction of sp³-hybridized carbons (Fsp3) is 0.368. The summed E-state index contributed by atoms with van der Waals surface area (Å²) in [6.07, 6.45) is 3.79. The first-order valence-corrected chi connectivity index (χ1v) is 8.21. The van der Waals surface area contributed by atoms with Gasteiger partial charge in [0.05, 0.1) is 7.11 Å². The number of methoxy groups -OCH3 is 1. The van der Waals surface area contributed by atoms with Crippen LogP contribution in [0.25, 0.3) is 0 Å². The third-order valence-electron chi connectivity index (χ3n) is 4.30. The van der Waals surface area contributed by atoms with Crippen molar-refractivity contribution in [2.45, 2.75) is 25.8 Å². The molecule has 0 bridgehead atoms. The topological polar surface area (TPSA) is 47.7 Å². The van der Waals surface area contributed by atoms with Crippen LogP contribution in [0, 0.1) is 0 Å². The van der Waals surface area contributed by atoms with Gasteiger partial charge in [0, 0.05) is 30.9 Å². The predicted octanol–water partition coefficient (Wildman–Crippen LogP) is 3.94. The zero-order valence-corrected chi connectivity index (χ0v) is 13.6. The molecule has 0 atom stereocenters. The SMILES string of the molecule is COc1ccccc1Oc1cccc(N2CCCCC2)c1CN. The molecule has 1 aliphatic heterocycles. The van der Waals surface area contributed by atoms with E-state index in [1.807, 2.05) is 36.4 Å². The summed E-state index contributed by atoms with van der Waals surface area (Å²) in [5.41, 5.74) is 8.29. The van der Waals surface area contributed by atoms with Crippen LogP contribution in [0.3, 0.4) is 0 Å². The van der Waals surface area contributed by atoms with Crippen LogP contribution in [0.2, 0.25) is 0 Å². The van der Waals surface area contributed by atoms with Crippen LogP contribution in [-0.2, 0) is 6.54 Å². The molecule has 2 N–H and O–H groups in total. The normalized spacial score (nSPS) is 14.6. The smallest absolute Gasteiger partial charge is 0.169 e. The molecule has 0 spiro atoms. The Morgan fingerprint density at radius 1 is 0.913 bits per heavy atom. The van der Waals surface area contributed by atoms with E-state index in [1.54, 1.807) is 7.11 Å². The summed E-state index contributed by atoms with van der Waals surface area (Å²) in [4.78, 5) is 2.42. The Balaban J connectivity index is 1.92. The third kappa shape index (κ3) is 3.42. The molecule has 0 aromatic heterocycles. The van der Waals surface area contributed by atoms with Crippen LogP contribution in [-0.4, -0.2) is 20.2 Å². The van der Waals surface area contributed by atoms with Crippen LogP contribution in [0.15, 0.2) is 42.5 Å². The fourth-order valence-corrected chi connectivity index (χ4v) is 3.11. The minimum Gasteiger partial charge on any atom is -0.493 e. The van der Waals surface area contributed by atoms with Crippen molar-refractivity contribution in [3.63, 3.8) is 0 Å². The van der Waals surface area contributed by atoms with Gasteiger partial charge in [-0.2, -0.15) is 0 Å². The standard InChI is InChI=1S/C19H24N2O2/c1-22-18-9-3-4-10-19(18)23-17-11-7-8-16(15(17)14-20)21-12-5-2-6-13-21/h3-4,7-11H,2,5-6,12-14,20H2,1H3. The molecule has 1 heterocycles. The van der Waals surface area contributed by atoms with E-state index in [-0.39, 0.29) is 0 Å². The molecule has 2 aromatic rings. The zero-order valence-electron chi connectivity index (χ0n) is 13.6. The molecule has 0 radical (unpaired) electrons. The number of benzene rings is 2. The Kier molecular flexibility index (Phi) is 5.03. The first kappa shape index (κ1) is 15.7. The summed E-state index contributed by atoms with van der Waals surface area (Å²) < 4.78 is 11.5. The molecule has 1 fully saturated rings. The van der Waals surface area contributed by atoms with Gasteiger partial charge in [-0.3, -0.25) is 0 Å². The number of ether oxygens (including phenoxy) is 2. The molecular formula is C19H24N2O2. The first-order valence-electron chi connectivity index (χ1n) is 8.21. The molecule has 3 rings (SSSR count). The highest BCUT2D eigenvalue weighted by molar-refractivity contribution is 5.60. The second-order valence-electron chi connectivity index (χ2n) is 5.76. The van der Waals surface area contributed by atoms with Crippen molar-refractivity contribution in [1.82, 2.24) is 0 Å². The third-order valence-corrected chi connectivity index (χ3v) is 4.30. The number of nitrogens with zero attached hydrogens (tertiary/aromatic N) is 1. The number of para-hydroxylation sites is 2. The molecular weight excluding hydrogens is 288 g/mol. The fourth-order valence-electron chi connectivity index (χ4n) is 3.11. The lowest BCUT2D eigenvalue weighted by Crippen LogP contribution is -2.30. The number of hydrogen-bond acceptors (Lipinski definition) is 4. The van der Waals surface area contributed by atoms with Gasteiger partial charge >= 0.3 is 0 Å². The Labute approximate surface area is 137 Å². The molecule has 1 aliphatic rings. The van der Waals surface area contributed by atoms with E-state index in [0.717, 1.165) is 30.2 Å². The van der Waals surface area contributed by atoms with Crippen molar-refractivity contribution in [2.24, 2.45) is 5.73 Å². The van der Waals surface area contributed by atoms with Crippen LogP contribution < -0.4 is 20.1 Å². The molecule has 23 heavy (non-hydrogen) atoms. The molecule has 0 aliphatic carbocycles. The summed E-state index contributed by atoms with van der Waals surface area (Å²) in [5.74, 6) is 2.24. The van der Waals surface area contributed by atoms with E-state index in [0.29, 0.717) is 12.3 Å². The maximum Gasteiger partial charge on any atom is 0.169 e. The van der Waals surface area contributed by atoms with Crippen molar-refractivity contribution < 1.29 is 9.47 Å². The summed E-state index contributed by atoms with van der Waals surface area (Å²) in [6, 6.07) is 13.8. The van der Waals surface area contributed by atoms with E-state index < -0.39 is 0 Å². The second-order valence-corrected chi connectivity index (χ2v) is 5.76. The molecule has 4 nitrogen and oxygen atoms in total. The monoisotopic (exact) mass is 312 g/mol. The lowest BCUT2D eigenvalue weighted by atomic mass is 10.1. The van der Waals surface area contributed by atoms with Gasteiger partial charge in [-0.15, -0.1) is 0 Å². The van der Waals surface area contributed by atoms with Crippen LogP contribution in [0.1, 0.15) is 24.8 Å². The van der Waals surface area contributed by atoms with E-state index in [2.05, 4.69) is 11.0 Å². The minimum absolute atomic E-state index is 0.456. The summed E-state index contributed by atoms with van der Waals surface area (Å²) in [6.45, 7) is 2.63. The number of nitrogens with two attached hydrogens (primary N) is 1. The Morgan fingerprint density at radius 3 is 2.30 bits per heavy atom. The van der Waals surface area contributed by atoms with Crippen molar-refractivity contribution in [2.75, 3.05) is 25.1 Å². The van der Waals surface area contributed by atoms with E-state index in [1.165, 1.54) is 24.9 Å². The molecule has 0 unspecified atom stereocenters. The maximum absolute atomic E-state index is 6.12. The van der Waals surface area contributed by atoms with Crippen molar-refractivity contribution in [3.05, 3.63) is 48.0 Å². The van der Waals surface area contributed by atoms with Gasteiger partial charge in [-0.25, -0.2) is 0 Å². The van der Waals surface area contributed by atoms with E-state index in [9.17, 15) is 0 Å². The quantitative estimate of drug-likeness (QED) is 0.908. The summed E-state index contributed by atoms with van der Waals surface area (Å²) >= 11 is 0. The number of rotatable bonds is 5. The average Bonchev–Trinajstić information content (AvgIpc) is 2.62. The van der Waals surface area contributed by atoms with Gasteiger partial charge in [-0.1, -0.05) is 18.2 Å². The van der Waals surface area contributed by atoms with Crippen LogP contribution in [0.4, 0.5) is 5.69 Å². The van der Waals surface area contributed by atoms with Crippen molar-refractivity contribution in [1.29, 1.82) is 0 Å². The Hall–Kier alpha value is -2.20. The van der Waals surface area contributed by atoms with E-state index >= 15 is 0 Å². The van der Waals surface area contributed by atoms with Gasteiger partial charge in [0.1, 0.15) is 5.75 Å². The predicted molar refractivity (Wildman–Crippen MR) is 93.5 cm³/mol. The van der Waals surface area contributed by atoms with Gasteiger partial charge in [0.2, 0.25) is 0 Å². The van der Waals surface area contributed by atoms with Crippen LogP contribution in [0.5, 0.6) is 17.2 Å². The molecule has 0 saturated carbocycles. The summed E-state index contributed by atoms with van der Waals surface area (Å²) in [7, 11) is 1.65. The molecule has 0 amide bonds. The minimum atomic E-state index is 0.456.